The SMILES string of the molecule is NC1(C(=O)N2CCN(S(=O)(=O)c3ccccc3)CC2)CCCCC1. The number of piperazine rings is 1. The van der Waals surface area contributed by atoms with Gasteiger partial charge >= 0.3 is 0 Å². The Morgan fingerprint density at radius 3 is 2.12 bits per heavy atom. The first-order valence-corrected chi connectivity index (χ1v) is 10.0. The van der Waals surface area contributed by atoms with Gasteiger partial charge in [0.25, 0.3) is 0 Å². The number of nitrogens with zero attached hydrogens (tertiary/aromatic N) is 2. The summed E-state index contributed by atoms with van der Waals surface area (Å²) in [6, 6.07) is 8.43. The predicted octanol–water partition coefficient (Wildman–Crippen LogP) is 1.18. The molecule has 24 heavy (non-hydrogen) atoms. The largest absolute Gasteiger partial charge is 0.338 e. The number of amides is 1. The summed E-state index contributed by atoms with van der Waals surface area (Å²) < 4.78 is 26.7. The topological polar surface area (TPSA) is 83.7 Å². The molecule has 6 nitrogen and oxygen atoms in total. The van der Waals surface area contributed by atoms with Gasteiger partial charge in [0.1, 0.15) is 0 Å². The van der Waals surface area contributed by atoms with Crippen LogP contribution in [0.3, 0.4) is 0 Å². The third-order valence-corrected chi connectivity index (χ3v) is 6.99. The molecule has 1 aromatic rings. The summed E-state index contributed by atoms with van der Waals surface area (Å²) >= 11 is 0. The van der Waals surface area contributed by atoms with Gasteiger partial charge in [-0.3, -0.25) is 4.79 Å². The van der Waals surface area contributed by atoms with E-state index in [1.165, 1.54) is 4.31 Å². The number of sulfonamides is 1. The quantitative estimate of drug-likeness (QED) is 0.886. The van der Waals surface area contributed by atoms with Gasteiger partial charge in [-0.2, -0.15) is 4.31 Å². The van der Waals surface area contributed by atoms with Crippen molar-refractivity contribution in [2.75, 3.05) is 26.2 Å². The Bertz CT molecular complexity index is 676. The zero-order chi connectivity index (χ0) is 17.2. The molecule has 1 amide bonds. The summed E-state index contributed by atoms with van der Waals surface area (Å²) in [6.07, 6.45) is 4.58. The van der Waals surface area contributed by atoms with Crippen molar-refractivity contribution >= 4 is 15.9 Å². The average Bonchev–Trinajstić information content (AvgIpc) is 2.62. The normalized spacial score (nSPS) is 22.3. The first-order chi connectivity index (χ1) is 11.4. The van der Waals surface area contributed by atoms with E-state index in [0.29, 0.717) is 31.1 Å². The molecule has 1 saturated carbocycles. The molecule has 0 spiro atoms. The lowest BCUT2D eigenvalue weighted by Gasteiger charge is -2.40. The number of rotatable bonds is 3. The maximum atomic E-state index is 12.7. The number of carbonyl (C=O) groups excluding carboxylic acids is 1. The lowest BCUT2D eigenvalue weighted by atomic mass is 9.81. The lowest BCUT2D eigenvalue weighted by Crippen LogP contribution is -2.60. The minimum atomic E-state index is -3.49. The first kappa shape index (κ1) is 17.4. The van der Waals surface area contributed by atoms with Gasteiger partial charge in [-0.25, -0.2) is 8.42 Å². The van der Waals surface area contributed by atoms with Crippen LogP contribution in [0.1, 0.15) is 32.1 Å². The highest BCUT2D eigenvalue weighted by Gasteiger charge is 2.40. The first-order valence-electron chi connectivity index (χ1n) is 8.57. The van der Waals surface area contributed by atoms with Gasteiger partial charge in [-0.05, 0) is 25.0 Å². The molecule has 3 rings (SSSR count). The van der Waals surface area contributed by atoms with Crippen LogP contribution in [0, 0.1) is 0 Å². The van der Waals surface area contributed by atoms with Gasteiger partial charge in [-0.15, -0.1) is 0 Å². The average molecular weight is 351 g/mol. The Kier molecular flexibility index (Phi) is 4.94. The molecule has 1 heterocycles. The molecule has 1 saturated heterocycles. The fraction of sp³-hybridized carbons (Fsp3) is 0.588. The Hall–Kier alpha value is -1.44. The van der Waals surface area contributed by atoms with Gasteiger partial charge in [0.15, 0.2) is 0 Å². The van der Waals surface area contributed by atoms with Crippen molar-refractivity contribution in [3.8, 4) is 0 Å². The molecule has 2 fully saturated rings. The number of benzene rings is 1. The Labute approximate surface area is 143 Å². The number of carbonyl (C=O) groups is 1. The molecule has 0 radical (unpaired) electrons. The highest BCUT2D eigenvalue weighted by atomic mass is 32.2. The fourth-order valence-corrected chi connectivity index (χ4v) is 5.03. The molecule has 0 atom stereocenters. The molecule has 0 unspecified atom stereocenters. The molecule has 2 N–H and O–H groups in total. The van der Waals surface area contributed by atoms with Gasteiger partial charge in [0.2, 0.25) is 15.9 Å². The van der Waals surface area contributed by atoms with Gasteiger partial charge < -0.3 is 10.6 Å². The van der Waals surface area contributed by atoms with Crippen molar-refractivity contribution in [2.24, 2.45) is 5.73 Å². The van der Waals surface area contributed by atoms with Crippen LogP contribution in [0.25, 0.3) is 0 Å². The standard InChI is InChI=1S/C17H25N3O3S/c18-17(9-5-2-6-10-17)16(21)19-11-13-20(14-12-19)24(22,23)15-7-3-1-4-8-15/h1,3-4,7-8H,2,5-6,9-14,18H2. The van der Waals surface area contributed by atoms with Crippen LogP contribution in [-0.4, -0.2) is 55.2 Å². The summed E-state index contributed by atoms with van der Waals surface area (Å²) in [4.78, 5) is 14.8. The van der Waals surface area contributed by atoms with Crippen molar-refractivity contribution in [3.63, 3.8) is 0 Å². The van der Waals surface area contributed by atoms with Crippen molar-refractivity contribution in [1.29, 1.82) is 0 Å². The van der Waals surface area contributed by atoms with E-state index in [2.05, 4.69) is 0 Å². The second-order valence-corrected chi connectivity index (χ2v) is 8.66. The second-order valence-electron chi connectivity index (χ2n) is 6.73. The zero-order valence-corrected chi connectivity index (χ0v) is 14.7. The van der Waals surface area contributed by atoms with E-state index in [9.17, 15) is 13.2 Å². The molecule has 1 aliphatic heterocycles. The van der Waals surface area contributed by atoms with Crippen LogP contribution in [0.5, 0.6) is 0 Å². The lowest BCUT2D eigenvalue weighted by molar-refractivity contribution is -0.139. The number of nitrogens with two attached hydrogens (primary N) is 1. The monoisotopic (exact) mass is 351 g/mol. The van der Waals surface area contributed by atoms with E-state index in [0.717, 1.165) is 32.1 Å². The third kappa shape index (κ3) is 3.34. The molecule has 0 bridgehead atoms. The van der Waals surface area contributed by atoms with Crippen LogP contribution in [0.15, 0.2) is 35.2 Å². The van der Waals surface area contributed by atoms with E-state index >= 15 is 0 Å². The smallest absolute Gasteiger partial charge is 0.243 e. The summed E-state index contributed by atoms with van der Waals surface area (Å²) in [5.41, 5.74) is 5.57. The Balaban J connectivity index is 1.64. The van der Waals surface area contributed by atoms with Crippen molar-refractivity contribution in [1.82, 2.24) is 9.21 Å². The zero-order valence-electron chi connectivity index (χ0n) is 13.9. The molecule has 0 aromatic heterocycles. The van der Waals surface area contributed by atoms with E-state index in [-0.39, 0.29) is 5.91 Å². The highest BCUT2D eigenvalue weighted by molar-refractivity contribution is 7.89. The second kappa shape index (κ2) is 6.82. The third-order valence-electron chi connectivity index (χ3n) is 5.08. The van der Waals surface area contributed by atoms with Gasteiger partial charge in [0, 0.05) is 26.2 Å². The highest BCUT2D eigenvalue weighted by Crippen LogP contribution is 2.28. The Morgan fingerprint density at radius 2 is 1.54 bits per heavy atom. The maximum absolute atomic E-state index is 12.7. The molecular weight excluding hydrogens is 326 g/mol. The van der Waals surface area contributed by atoms with E-state index in [1.807, 2.05) is 0 Å². The minimum Gasteiger partial charge on any atom is -0.338 e. The van der Waals surface area contributed by atoms with Crippen molar-refractivity contribution < 1.29 is 13.2 Å². The summed E-state index contributed by atoms with van der Waals surface area (Å²) in [7, 11) is -3.49. The maximum Gasteiger partial charge on any atom is 0.243 e. The van der Waals surface area contributed by atoms with E-state index in [1.54, 1.807) is 35.2 Å². The van der Waals surface area contributed by atoms with Crippen LogP contribution >= 0.6 is 0 Å². The molecule has 132 valence electrons. The fourth-order valence-electron chi connectivity index (χ4n) is 3.58. The van der Waals surface area contributed by atoms with Gasteiger partial charge in [-0.1, -0.05) is 37.5 Å². The van der Waals surface area contributed by atoms with Crippen LogP contribution < -0.4 is 5.73 Å². The van der Waals surface area contributed by atoms with Gasteiger partial charge in [0.05, 0.1) is 10.4 Å². The van der Waals surface area contributed by atoms with E-state index in [4.69, 9.17) is 5.73 Å². The van der Waals surface area contributed by atoms with Crippen molar-refractivity contribution in [3.05, 3.63) is 30.3 Å². The molecule has 1 aliphatic carbocycles. The minimum absolute atomic E-state index is 0.0149. The van der Waals surface area contributed by atoms with Crippen LogP contribution in [0.2, 0.25) is 0 Å². The molecular formula is C17H25N3O3S. The van der Waals surface area contributed by atoms with Crippen LogP contribution in [-0.2, 0) is 14.8 Å². The summed E-state index contributed by atoms with van der Waals surface area (Å²) in [5.74, 6) is -0.0149. The number of hydrogen-bond donors (Lipinski definition) is 1. The molecule has 7 heteroatoms. The van der Waals surface area contributed by atoms with Crippen molar-refractivity contribution in [2.45, 2.75) is 42.5 Å². The summed E-state index contributed by atoms with van der Waals surface area (Å²) in [5, 5.41) is 0. The van der Waals surface area contributed by atoms with E-state index < -0.39 is 15.6 Å². The molecule has 2 aliphatic rings. The summed E-state index contributed by atoms with van der Waals surface area (Å²) in [6.45, 7) is 1.45. The Morgan fingerprint density at radius 1 is 0.958 bits per heavy atom. The number of hydrogen-bond acceptors (Lipinski definition) is 4. The predicted molar refractivity (Wildman–Crippen MR) is 91.8 cm³/mol. The molecule has 1 aromatic carbocycles. The van der Waals surface area contributed by atoms with Crippen LogP contribution in [0.4, 0.5) is 0 Å².